The minimum atomic E-state index is 0. The Morgan fingerprint density at radius 1 is 0.885 bits per heavy atom. The number of halogens is 2. The molecule has 0 radical (unpaired) electrons. The SMILES string of the molecule is C[CH-]c1ccccc1C1=C(C)C(C)=CC1C.Cl.Cl.[NH-]c1ccccc1.[Ti+2]. The molecule has 0 fully saturated rings. The van der Waals surface area contributed by atoms with Crippen molar-refractivity contribution in [1.82, 2.24) is 0 Å². The molecule has 1 aliphatic carbocycles. The number of nitrogens with one attached hydrogen (secondary N) is 1. The predicted octanol–water partition coefficient (Wildman–Crippen LogP) is 7.84. The monoisotopic (exact) mass is 423 g/mol. The van der Waals surface area contributed by atoms with Crippen LogP contribution in [0.5, 0.6) is 0 Å². The average Bonchev–Trinajstić information content (AvgIpc) is 2.81. The fourth-order valence-electron chi connectivity index (χ4n) is 3.02. The van der Waals surface area contributed by atoms with Gasteiger partial charge in [-0.15, -0.1) is 48.2 Å². The molecule has 0 aliphatic heterocycles. The van der Waals surface area contributed by atoms with Gasteiger partial charge in [0.05, 0.1) is 0 Å². The third-order valence-electron chi connectivity index (χ3n) is 4.29. The van der Waals surface area contributed by atoms with E-state index in [1.54, 1.807) is 12.1 Å². The van der Waals surface area contributed by atoms with Crippen LogP contribution in [0.15, 0.2) is 71.8 Å². The molecule has 0 amide bonds. The molecule has 0 spiro atoms. The number of benzene rings is 2. The van der Waals surface area contributed by atoms with Gasteiger partial charge in [0, 0.05) is 0 Å². The van der Waals surface area contributed by atoms with Gasteiger partial charge in [-0.3, -0.25) is 0 Å². The molecule has 138 valence electrons. The quantitative estimate of drug-likeness (QED) is 0.347. The zero-order valence-electron chi connectivity index (χ0n) is 15.7. The van der Waals surface area contributed by atoms with E-state index in [9.17, 15) is 0 Å². The Morgan fingerprint density at radius 3 is 1.85 bits per heavy atom. The first-order valence-electron chi connectivity index (χ1n) is 8.09. The first kappa shape index (κ1) is 27.1. The molecule has 0 saturated heterocycles. The van der Waals surface area contributed by atoms with Crippen molar-refractivity contribution in [3.63, 3.8) is 0 Å². The second-order valence-electron chi connectivity index (χ2n) is 5.92. The molecule has 0 saturated carbocycles. The molecule has 3 rings (SSSR count). The van der Waals surface area contributed by atoms with Crippen LogP contribution in [0.2, 0.25) is 0 Å². The molecule has 2 aromatic rings. The van der Waals surface area contributed by atoms with Gasteiger partial charge in [-0.1, -0.05) is 73.0 Å². The van der Waals surface area contributed by atoms with Gasteiger partial charge in [0.15, 0.2) is 0 Å². The summed E-state index contributed by atoms with van der Waals surface area (Å²) in [4.78, 5) is 0. The van der Waals surface area contributed by atoms with Crippen molar-refractivity contribution in [3.8, 4) is 0 Å². The molecule has 0 aromatic heterocycles. The molecule has 26 heavy (non-hydrogen) atoms. The van der Waals surface area contributed by atoms with Crippen LogP contribution in [0.4, 0.5) is 5.69 Å². The van der Waals surface area contributed by atoms with Crippen LogP contribution in [-0.2, 0) is 21.7 Å². The summed E-state index contributed by atoms with van der Waals surface area (Å²) in [5, 5.41) is 0. The molecular weight excluding hydrogens is 397 g/mol. The minimum Gasteiger partial charge on any atom is -0.699 e. The summed E-state index contributed by atoms with van der Waals surface area (Å²) in [6, 6.07) is 17.8. The van der Waals surface area contributed by atoms with Gasteiger partial charge in [0.25, 0.3) is 0 Å². The van der Waals surface area contributed by atoms with Crippen LogP contribution in [0.1, 0.15) is 38.8 Å². The smallest absolute Gasteiger partial charge is 0.699 e. The Bertz CT molecular complexity index is 724. The van der Waals surface area contributed by atoms with E-state index in [2.05, 4.69) is 64.5 Å². The molecule has 1 atom stereocenters. The van der Waals surface area contributed by atoms with Crippen LogP contribution in [0.25, 0.3) is 11.3 Å². The summed E-state index contributed by atoms with van der Waals surface area (Å²) in [5.41, 5.74) is 14.7. The Labute approximate surface area is 185 Å². The van der Waals surface area contributed by atoms with Crippen molar-refractivity contribution >= 4 is 36.1 Å². The Kier molecular flexibility index (Phi) is 13.7. The van der Waals surface area contributed by atoms with Gasteiger partial charge in [-0.05, 0) is 19.8 Å². The van der Waals surface area contributed by atoms with E-state index in [0.29, 0.717) is 11.6 Å². The van der Waals surface area contributed by atoms with Crippen molar-refractivity contribution in [1.29, 1.82) is 0 Å². The van der Waals surface area contributed by atoms with E-state index in [-0.39, 0.29) is 46.5 Å². The van der Waals surface area contributed by atoms with Crippen molar-refractivity contribution in [2.45, 2.75) is 27.7 Å². The maximum absolute atomic E-state index is 7.00. The number of allylic oxidation sites excluding steroid dienone is 4. The fraction of sp³-hybridized carbons (Fsp3) is 0.227. The van der Waals surface area contributed by atoms with E-state index in [0.717, 1.165) is 0 Å². The Hall–Kier alpha value is -1.12. The van der Waals surface area contributed by atoms with Gasteiger partial charge in [-0.2, -0.15) is 18.1 Å². The van der Waals surface area contributed by atoms with Gasteiger partial charge in [0.2, 0.25) is 0 Å². The minimum absolute atomic E-state index is 0. The molecule has 1 N–H and O–H groups in total. The predicted molar refractivity (Wildman–Crippen MR) is 116 cm³/mol. The number of rotatable bonds is 2. The van der Waals surface area contributed by atoms with Gasteiger partial charge >= 0.3 is 21.7 Å². The molecule has 4 heteroatoms. The van der Waals surface area contributed by atoms with E-state index >= 15 is 0 Å². The summed E-state index contributed by atoms with van der Waals surface area (Å²) in [7, 11) is 0. The first-order chi connectivity index (χ1) is 11.0. The van der Waals surface area contributed by atoms with E-state index < -0.39 is 0 Å². The normalized spacial score (nSPS) is 14.6. The van der Waals surface area contributed by atoms with Crippen LogP contribution >= 0.6 is 24.8 Å². The zero-order chi connectivity index (χ0) is 16.8. The first-order valence-corrected chi connectivity index (χ1v) is 8.09. The number of hydrogen-bond acceptors (Lipinski definition) is 0. The van der Waals surface area contributed by atoms with Crippen molar-refractivity contribution in [2.24, 2.45) is 5.92 Å². The molecule has 0 bridgehead atoms. The van der Waals surface area contributed by atoms with Crippen molar-refractivity contribution < 1.29 is 21.7 Å². The molecular formula is C22H27Cl2NTi. The summed E-state index contributed by atoms with van der Waals surface area (Å²) < 4.78 is 0. The molecule has 2 aromatic carbocycles. The average molecular weight is 424 g/mol. The third kappa shape index (κ3) is 6.89. The largest absolute Gasteiger partial charge is 2.00 e. The fourth-order valence-corrected chi connectivity index (χ4v) is 3.02. The van der Waals surface area contributed by atoms with E-state index in [4.69, 9.17) is 5.73 Å². The summed E-state index contributed by atoms with van der Waals surface area (Å²) in [6.45, 7) is 8.82. The Morgan fingerprint density at radius 2 is 1.42 bits per heavy atom. The maximum Gasteiger partial charge on any atom is 2.00 e. The molecule has 1 unspecified atom stereocenters. The van der Waals surface area contributed by atoms with Gasteiger partial charge < -0.3 is 5.73 Å². The zero-order valence-corrected chi connectivity index (χ0v) is 18.9. The molecule has 1 aliphatic rings. The van der Waals surface area contributed by atoms with Gasteiger partial charge in [-0.25, -0.2) is 0 Å². The second kappa shape index (κ2) is 13.1. The summed E-state index contributed by atoms with van der Waals surface area (Å²) in [5.74, 6) is 0.543. The molecule has 1 nitrogen and oxygen atoms in total. The summed E-state index contributed by atoms with van der Waals surface area (Å²) >= 11 is 0. The van der Waals surface area contributed by atoms with E-state index in [1.807, 2.05) is 18.2 Å². The second-order valence-corrected chi connectivity index (χ2v) is 5.92. The van der Waals surface area contributed by atoms with Gasteiger partial charge in [0.1, 0.15) is 0 Å². The number of hydrogen-bond donors (Lipinski definition) is 0. The topological polar surface area (TPSA) is 23.8 Å². The maximum atomic E-state index is 7.00. The van der Waals surface area contributed by atoms with Crippen LogP contribution in [0.3, 0.4) is 0 Å². The Balaban J connectivity index is 0. The van der Waals surface area contributed by atoms with Crippen LogP contribution in [-0.4, -0.2) is 0 Å². The summed E-state index contributed by atoms with van der Waals surface area (Å²) in [6.07, 6.45) is 4.55. The van der Waals surface area contributed by atoms with Crippen molar-refractivity contribution in [2.75, 3.05) is 0 Å². The van der Waals surface area contributed by atoms with Crippen LogP contribution in [0, 0.1) is 12.3 Å². The molecule has 0 heterocycles. The standard InChI is InChI=1S/C16H19.C6H6N.2ClH.Ti/c1-5-14-8-6-7-9-15(14)16-12(3)10-11(2)13(16)4;7-6-4-2-1-3-5-6;;;/h5-10,12H,1-4H3;1-5,7H;2*1H;/q2*-1;;;+2. The third-order valence-corrected chi connectivity index (χ3v) is 4.29. The van der Waals surface area contributed by atoms with E-state index in [1.165, 1.54) is 27.8 Å². The van der Waals surface area contributed by atoms with Crippen molar-refractivity contribution in [3.05, 3.63) is 95.1 Å². The van der Waals surface area contributed by atoms with Crippen LogP contribution < -0.4 is 0 Å².